The first kappa shape index (κ1) is 49.5. The fourth-order valence-corrected chi connectivity index (χ4v) is 8.44. The molecule has 0 fully saturated rings. The molecule has 12 N–H and O–H groups in total. The van der Waals surface area contributed by atoms with E-state index >= 15 is 0 Å². The summed E-state index contributed by atoms with van der Waals surface area (Å²) in [5, 5.41) is 26.8. The fraction of sp³-hybridized carbons (Fsp3) is 0.365. The molecule has 4 aromatic carbocycles. The molecule has 15 nitrogen and oxygen atoms in total. The van der Waals surface area contributed by atoms with E-state index in [9.17, 15) is 29.1 Å². The van der Waals surface area contributed by atoms with Gasteiger partial charge in [-0.2, -0.15) is 0 Å². The molecule has 5 amide bonds. The van der Waals surface area contributed by atoms with Crippen molar-refractivity contribution in [2.24, 2.45) is 23.3 Å². The molecule has 2 aromatic heterocycles. The molecule has 0 aliphatic heterocycles. The van der Waals surface area contributed by atoms with Crippen LogP contribution in [0.5, 0.6) is 5.75 Å². The van der Waals surface area contributed by atoms with Crippen LogP contribution < -0.4 is 38.1 Å². The number of primary amides is 1. The van der Waals surface area contributed by atoms with E-state index in [4.69, 9.17) is 11.5 Å². The molecule has 15 heteroatoms. The Bertz CT molecular complexity index is 2590. The molecule has 0 unspecified atom stereocenters. The second-order valence-corrected chi connectivity index (χ2v) is 18.3. The summed E-state index contributed by atoms with van der Waals surface area (Å²) in [5.41, 5.74) is 16.9. The van der Waals surface area contributed by atoms with Gasteiger partial charge in [0, 0.05) is 66.0 Å². The van der Waals surface area contributed by atoms with Crippen LogP contribution in [0.1, 0.15) is 62.8 Å². The summed E-state index contributed by atoms with van der Waals surface area (Å²) in [6.07, 6.45) is 5.11. The Morgan fingerprint density at radius 2 is 1.00 bits per heavy atom. The highest BCUT2D eigenvalue weighted by Gasteiger charge is 2.33. The molecule has 6 aromatic rings. The molecule has 6 atom stereocenters. The summed E-state index contributed by atoms with van der Waals surface area (Å²) in [6.45, 7) is 8.37. The van der Waals surface area contributed by atoms with Crippen LogP contribution in [-0.2, 0) is 49.7 Å². The van der Waals surface area contributed by atoms with Crippen molar-refractivity contribution in [1.29, 1.82) is 0 Å². The van der Waals surface area contributed by atoms with Gasteiger partial charge in [-0.15, -0.1) is 0 Å². The standard InChI is InChI=1S/C52H65N9O6/c1-31(2)22-37(30-57-44(48(54)63)23-32(3)4)58-50(65)46(26-35-28-55-42-16-10-8-14-39(35)42)61-51(66)45(25-33-12-6-5-7-13-33)60-52(67)47(27-36-29-56-43-17-11-9-15-40(36)43)59-49(64)41(53)24-34-18-20-38(62)21-19-34/h5-21,28-29,31-32,37,41,44-47,55-57,62H,22-27,30,53H2,1-4H3,(H2,54,63)(H,58,65)(H,59,64)(H,60,67)(H,61,66)/t37-,41+,44-,45-,46+,47+/m0/s1. The smallest absolute Gasteiger partial charge is 0.243 e. The number of aromatic nitrogens is 2. The first-order valence-electron chi connectivity index (χ1n) is 23.0. The number of nitrogens with one attached hydrogen (secondary N) is 7. The summed E-state index contributed by atoms with van der Waals surface area (Å²) < 4.78 is 0. The maximum absolute atomic E-state index is 14.8. The first-order valence-corrected chi connectivity index (χ1v) is 23.0. The minimum Gasteiger partial charge on any atom is -0.508 e. The number of aromatic amines is 2. The summed E-state index contributed by atoms with van der Waals surface area (Å²) in [4.78, 5) is 76.7. The lowest BCUT2D eigenvalue weighted by Gasteiger charge is -2.28. The van der Waals surface area contributed by atoms with Crippen molar-refractivity contribution in [3.8, 4) is 5.75 Å². The number of carbonyl (C=O) groups excluding carboxylic acids is 5. The van der Waals surface area contributed by atoms with Gasteiger partial charge in [0.15, 0.2) is 0 Å². The Morgan fingerprint density at radius 3 is 1.52 bits per heavy atom. The predicted octanol–water partition coefficient (Wildman–Crippen LogP) is 4.43. The SMILES string of the molecule is CC(C)C[C@@H](CN[C@@H](CC(C)C)C(N)=O)NC(=O)[C@@H](Cc1c[nH]c2ccccc12)NC(=O)[C@H](Cc1ccccc1)NC(=O)[C@@H](Cc1c[nH]c2ccccc12)NC(=O)[C@H](N)Cc1ccc(O)cc1. The minimum absolute atomic E-state index is 0.0673. The zero-order chi connectivity index (χ0) is 48.0. The Kier molecular flexibility index (Phi) is 17.3. The van der Waals surface area contributed by atoms with E-state index in [-0.39, 0.29) is 49.8 Å². The van der Waals surface area contributed by atoms with Crippen molar-refractivity contribution in [2.75, 3.05) is 6.54 Å². The monoisotopic (exact) mass is 912 g/mol. The highest BCUT2D eigenvalue weighted by atomic mass is 16.3. The Hall–Kier alpha value is -6.97. The van der Waals surface area contributed by atoms with E-state index in [0.717, 1.165) is 44.1 Å². The van der Waals surface area contributed by atoms with Crippen molar-refractivity contribution in [3.63, 3.8) is 0 Å². The summed E-state index contributed by atoms with van der Waals surface area (Å²) in [5.74, 6) is -2.27. The van der Waals surface area contributed by atoms with Gasteiger partial charge in [0.1, 0.15) is 23.9 Å². The zero-order valence-electron chi connectivity index (χ0n) is 38.7. The topological polar surface area (TPSA) is 249 Å². The molecular formula is C52H65N9O6. The Labute approximate surface area is 391 Å². The lowest BCUT2D eigenvalue weighted by atomic mass is 9.99. The summed E-state index contributed by atoms with van der Waals surface area (Å²) >= 11 is 0. The van der Waals surface area contributed by atoms with Gasteiger partial charge in [-0.25, -0.2) is 0 Å². The van der Waals surface area contributed by atoms with E-state index in [2.05, 4.69) is 36.6 Å². The average Bonchev–Trinajstić information content (AvgIpc) is 3.91. The normalized spacial score (nSPS) is 14.3. The van der Waals surface area contributed by atoms with Crippen LogP contribution >= 0.6 is 0 Å². The Morgan fingerprint density at radius 1 is 0.537 bits per heavy atom. The van der Waals surface area contributed by atoms with Gasteiger partial charge in [-0.1, -0.05) is 107 Å². The maximum atomic E-state index is 14.8. The number of nitrogens with two attached hydrogens (primary N) is 2. The molecule has 0 saturated heterocycles. The number of hydrogen-bond acceptors (Lipinski definition) is 8. The molecule has 2 heterocycles. The number of amides is 5. The molecule has 0 aliphatic carbocycles. The van der Waals surface area contributed by atoms with Gasteiger partial charge in [-0.05, 0) is 77.6 Å². The highest BCUT2D eigenvalue weighted by Crippen LogP contribution is 2.22. The molecule has 0 bridgehead atoms. The quantitative estimate of drug-likeness (QED) is 0.0415. The second-order valence-electron chi connectivity index (χ2n) is 18.3. The van der Waals surface area contributed by atoms with Gasteiger partial charge in [0.05, 0.1) is 12.1 Å². The van der Waals surface area contributed by atoms with Crippen LogP contribution in [0.2, 0.25) is 0 Å². The number of phenolic OH excluding ortho intramolecular Hbond substituents is 1. The predicted molar refractivity (Wildman–Crippen MR) is 262 cm³/mol. The highest BCUT2D eigenvalue weighted by molar-refractivity contribution is 5.96. The van der Waals surface area contributed by atoms with Crippen molar-refractivity contribution in [3.05, 3.63) is 138 Å². The van der Waals surface area contributed by atoms with E-state index in [0.29, 0.717) is 12.8 Å². The summed E-state index contributed by atoms with van der Waals surface area (Å²) in [6, 6.07) is 25.4. The third-order valence-electron chi connectivity index (χ3n) is 11.9. The van der Waals surface area contributed by atoms with Crippen molar-refractivity contribution in [1.82, 2.24) is 36.6 Å². The fourth-order valence-electron chi connectivity index (χ4n) is 8.44. The van der Waals surface area contributed by atoms with Crippen molar-refractivity contribution in [2.45, 2.75) is 102 Å². The molecular weight excluding hydrogens is 847 g/mol. The van der Waals surface area contributed by atoms with E-state index in [1.807, 2.05) is 113 Å². The third kappa shape index (κ3) is 14.3. The Balaban J connectivity index is 1.28. The number of fused-ring (bicyclic) bond motifs is 2. The van der Waals surface area contributed by atoms with Gasteiger partial charge < -0.3 is 53.1 Å². The lowest BCUT2D eigenvalue weighted by Crippen LogP contribution is -2.60. The van der Waals surface area contributed by atoms with Crippen LogP contribution in [0.4, 0.5) is 0 Å². The summed E-state index contributed by atoms with van der Waals surface area (Å²) in [7, 11) is 0. The van der Waals surface area contributed by atoms with Crippen LogP contribution in [0.15, 0.2) is 116 Å². The van der Waals surface area contributed by atoms with E-state index in [1.165, 1.54) is 12.1 Å². The first-order chi connectivity index (χ1) is 32.1. The van der Waals surface area contributed by atoms with E-state index in [1.54, 1.807) is 18.3 Å². The zero-order valence-corrected chi connectivity index (χ0v) is 38.7. The number of phenols is 1. The van der Waals surface area contributed by atoms with Gasteiger partial charge in [0.25, 0.3) is 0 Å². The van der Waals surface area contributed by atoms with Crippen LogP contribution in [-0.4, -0.2) is 87.4 Å². The third-order valence-corrected chi connectivity index (χ3v) is 11.9. The van der Waals surface area contributed by atoms with Crippen LogP contribution in [0.3, 0.4) is 0 Å². The van der Waals surface area contributed by atoms with E-state index < -0.39 is 65.8 Å². The molecule has 0 saturated carbocycles. The number of hydrogen-bond donors (Lipinski definition) is 10. The number of H-pyrrole nitrogens is 2. The molecule has 0 aliphatic rings. The lowest BCUT2D eigenvalue weighted by molar-refractivity contribution is -0.134. The largest absolute Gasteiger partial charge is 0.508 e. The molecule has 0 radical (unpaired) electrons. The average molecular weight is 912 g/mol. The number of carbonyl (C=O) groups is 5. The van der Waals surface area contributed by atoms with Crippen molar-refractivity contribution >= 4 is 51.3 Å². The van der Waals surface area contributed by atoms with Gasteiger partial charge in [-0.3, -0.25) is 24.0 Å². The number of benzene rings is 4. The van der Waals surface area contributed by atoms with Gasteiger partial charge in [0.2, 0.25) is 29.5 Å². The molecule has 354 valence electrons. The minimum atomic E-state index is -1.19. The number of para-hydroxylation sites is 2. The van der Waals surface area contributed by atoms with Crippen LogP contribution in [0.25, 0.3) is 21.8 Å². The van der Waals surface area contributed by atoms with Gasteiger partial charge >= 0.3 is 0 Å². The van der Waals surface area contributed by atoms with Crippen molar-refractivity contribution < 1.29 is 29.1 Å². The van der Waals surface area contributed by atoms with Crippen LogP contribution in [0, 0.1) is 11.8 Å². The molecule has 67 heavy (non-hydrogen) atoms. The molecule has 0 spiro atoms. The maximum Gasteiger partial charge on any atom is 0.243 e. The number of rotatable bonds is 24. The second kappa shape index (κ2) is 23.5. The molecule has 6 rings (SSSR count). The number of aromatic hydroxyl groups is 1.